The highest BCUT2D eigenvalue weighted by Crippen LogP contribution is 2.30. The highest BCUT2D eigenvalue weighted by Gasteiger charge is 2.26. The standard InChI is InChI=1S/C20H24Cl2N2O2/c1-3-15-8-7-9-16(17(15)4-2)11-13-24-14-23(19(21)20(24)22)12-6-5-10-18(25)26/h3-4,7-9H,1-2,5-6,10-14H2,(H,25,26). The minimum absolute atomic E-state index is 0.177. The molecule has 0 unspecified atom stereocenters. The highest BCUT2D eigenvalue weighted by atomic mass is 35.5. The van der Waals surface area contributed by atoms with Crippen molar-refractivity contribution in [2.75, 3.05) is 19.8 Å². The zero-order chi connectivity index (χ0) is 19.1. The number of benzene rings is 1. The second kappa shape index (κ2) is 9.70. The molecule has 0 amide bonds. The van der Waals surface area contributed by atoms with Gasteiger partial charge in [-0.2, -0.15) is 0 Å². The molecule has 2 rings (SSSR count). The molecule has 0 fully saturated rings. The van der Waals surface area contributed by atoms with Gasteiger partial charge in [0.25, 0.3) is 0 Å². The molecule has 0 aliphatic carbocycles. The Bertz CT molecular complexity index is 716. The molecule has 140 valence electrons. The van der Waals surface area contributed by atoms with Gasteiger partial charge in [0.2, 0.25) is 0 Å². The van der Waals surface area contributed by atoms with Crippen LogP contribution in [0.2, 0.25) is 0 Å². The number of carboxylic acids is 1. The maximum atomic E-state index is 10.6. The van der Waals surface area contributed by atoms with Gasteiger partial charge >= 0.3 is 5.97 Å². The van der Waals surface area contributed by atoms with Crippen molar-refractivity contribution in [1.29, 1.82) is 0 Å². The van der Waals surface area contributed by atoms with Gasteiger partial charge in [0.1, 0.15) is 10.3 Å². The van der Waals surface area contributed by atoms with Crippen LogP contribution in [0.15, 0.2) is 41.7 Å². The maximum Gasteiger partial charge on any atom is 0.303 e. The van der Waals surface area contributed by atoms with E-state index in [2.05, 4.69) is 19.2 Å². The van der Waals surface area contributed by atoms with Crippen LogP contribution in [0.3, 0.4) is 0 Å². The molecule has 0 atom stereocenters. The van der Waals surface area contributed by atoms with E-state index in [0.717, 1.165) is 30.5 Å². The van der Waals surface area contributed by atoms with E-state index in [1.807, 2.05) is 34.1 Å². The average Bonchev–Trinajstić information content (AvgIpc) is 2.90. The van der Waals surface area contributed by atoms with Gasteiger partial charge in [-0.05, 0) is 36.0 Å². The number of aliphatic carboxylic acids is 1. The van der Waals surface area contributed by atoms with Gasteiger partial charge in [-0.25, -0.2) is 0 Å². The smallest absolute Gasteiger partial charge is 0.303 e. The van der Waals surface area contributed by atoms with Gasteiger partial charge in [-0.15, -0.1) is 0 Å². The number of nitrogens with zero attached hydrogens (tertiary/aromatic N) is 2. The molecular weight excluding hydrogens is 371 g/mol. The minimum Gasteiger partial charge on any atom is -0.481 e. The normalized spacial score (nSPS) is 14.1. The fourth-order valence-electron chi connectivity index (χ4n) is 3.04. The first-order valence-electron chi connectivity index (χ1n) is 8.61. The Morgan fingerprint density at radius 3 is 2.42 bits per heavy atom. The lowest BCUT2D eigenvalue weighted by molar-refractivity contribution is -0.137. The third kappa shape index (κ3) is 5.05. The molecule has 4 nitrogen and oxygen atoms in total. The predicted octanol–water partition coefficient (Wildman–Crippen LogP) is 4.95. The Morgan fingerprint density at radius 1 is 1.12 bits per heavy atom. The van der Waals surface area contributed by atoms with Crippen molar-refractivity contribution < 1.29 is 9.90 Å². The van der Waals surface area contributed by atoms with Crippen molar-refractivity contribution >= 4 is 41.3 Å². The average molecular weight is 395 g/mol. The van der Waals surface area contributed by atoms with E-state index in [9.17, 15) is 4.79 Å². The van der Waals surface area contributed by atoms with Crippen LogP contribution < -0.4 is 0 Å². The lowest BCUT2D eigenvalue weighted by Crippen LogP contribution is -2.29. The van der Waals surface area contributed by atoms with Gasteiger partial charge in [0, 0.05) is 19.5 Å². The zero-order valence-corrected chi connectivity index (χ0v) is 16.3. The fraction of sp³-hybridized carbons (Fsp3) is 0.350. The molecule has 0 radical (unpaired) electrons. The Kier molecular flexibility index (Phi) is 7.61. The summed E-state index contributed by atoms with van der Waals surface area (Å²) < 4.78 is 0. The largest absolute Gasteiger partial charge is 0.481 e. The zero-order valence-electron chi connectivity index (χ0n) is 14.8. The summed E-state index contributed by atoms with van der Waals surface area (Å²) in [5.74, 6) is -0.771. The molecule has 0 bridgehead atoms. The molecule has 0 spiro atoms. The summed E-state index contributed by atoms with van der Waals surface area (Å²) in [6.07, 6.45) is 6.08. The summed E-state index contributed by atoms with van der Waals surface area (Å²) in [6, 6.07) is 6.12. The third-order valence-corrected chi connectivity index (χ3v) is 5.37. The molecule has 1 aliphatic rings. The van der Waals surface area contributed by atoms with Crippen molar-refractivity contribution in [3.63, 3.8) is 0 Å². The molecule has 0 aromatic heterocycles. The van der Waals surface area contributed by atoms with E-state index in [0.29, 0.717) is 29.9 Å². The van der Waals surface area contributed by atoms with Crippen LogP contribution in [0.25, 0.3) is 12.2 Å². The fourth-order valence-corrected chi connectivity index (χ4v) is 3.56. The van der Waals surface area contributed by atoms with E-state index >= 15 is 0 Å². The quantitative estimate of drug-likeness (QED) is 0.450. The lowest BCUT2D eigenvalue weighted by atomic mass is 9.98. The third-order valence-electron chi connectivity index (χ3n) is 4.44. The van der Waals surface area contributed by atoms with E-state index in [4.69, 9.17) is 28.3 Å². The van der Waals surface area contributed by atoms with Crippen LogP contribution in [-0.4, -0.2) is 40.6 Å². The summed E-state index contributed by atoms with van der Waals surface area (Å²) in [7, 11) is 0. The number of hydrogen-bond acceptors (Lipinski definition) is 3. The molecule has 0 saturated heterocycles. The molecule has 1 heterocycles. The highest BCUT2D eigenvalue weighted by molar-refractivity contribution is 6.38. The second-order valence-electron chi connectivity index (χ2n) is 6.18. The predicted molar refractivity (Wildman–Crippen MR) is 109 cm³/mol. The molecule has 1 aromatic carbocycles. The van der Waals surface area contributed by atoms with Crippen molar-refractivity contribution in [3.05, 3.63) is 58.4 Å². The number of rotatable bonds is 10. The SMILES string of the molecule is C=Cc1cccc(CCN2CN(CCCCC(=O)O)C(Cl)=C2Cl)c1C=C. The number of unbranched alkanes of at least 4 members (excludes halogenated alkanes) is 1. The summed E-state index contributed by atoms with van der Waals surface area (Å²) in [6.45, 7) is 9.81. The van der Waals surface area contributed by atoms with Crippen LogP contribution in [0.1, 0.15) is 36.0 Å². The molecule has 26 heavy (non-hydrogen) atoms. The van der Waals surface area contributed by atoms with E-state index < -0.39 is 5.97 Å². The van der Waals surface area contributed by atoms with Crippen molar-refractivity contribution in [2.24, 2.45) is 0 Å². The molecule has 1 aromatic rings. The summed E-state index contributed by atoms with van der Waals surface area (Å²) in [4.78, 5) is 14.6. The van der Waals surface area contributed by atoms with Gasteiger partial charge in [0.15, 0.2) is 0 Å². The Labute approximate surface area is 165 Å². The van der Waals surface area contributed by atoms with Gasteiger partial charge < -0.3 is 14.9 Å². The molecule has 0 saturated carbocycles. The van der Waals surface area contributed by atoms with Crippen molar-refractivity contribution in [2.45, 2.75) is 25.7 Å². The van der Waals surface area contributed by atoms with Crippen LogP contribution in [0.4, 0.5) is 0 Å². The summed E-state index contributed by atoms with van der Waals surface area (Å²) >= 11 is 12.7. The van der Waals surface area contributed by atoms with Crippen LogP contribution in [0, 0.1) is 0 Å². The first-order valence-corrected chi connectivity index (χ1v) is 9.37. The second-order valence-corrected chi connectivity index (χ2v) is 6.90. The Morgan fingerprint density at radius 2 is 1.81 bits per heavy atom. The van der Waals surface area contributed by atoms with Gasteiger partial charge in [0.05, 0.1) is 6.67 Å². The monoisotopic (exact) mass is 394 g/mol. The number of carbonyl (C=O) groups is 1. The van der Waals surface area contributed by atoms with Crippen LogP contribution in [0.5, 0.6) is 0 Å². The van der Waals surface area contributed by atoms with Crippen LogP contribution >= 0.6 is 23.2 Å². The molecule has 6 heteroatoms. The van der Waals surface area contributed by atoms with E-state index in [-0.39, 0.29) is 6.42 Å². The van der Waals surface area contributed by atoms with Gasteiger partial charge in [-0.1, -0.05) is 66.7 Å². The van der Waals surface area contributed by atoms with Crippen LogP contribution in [-0.2, 0) is 11.2 Å². The Balaban J connectivity index is 1.94. The topological polar surface area (TPSA) is 43.8 Å². The van der Waals surface area contributed by atoms with Crippen molar-refractivity contribution in [3.8, 4) is 0 Å². The minimum atomic E-state index is -0.771. The lowest BCUT2D eigenvalue weighted by Gasteiger charge is -2.23. The van der Waals surface area contributed by atoms with E-state index in [1.54, 1.807) is 0 Å². The first kappa shape index (κ1) is 20.4. The Hall–Kier alpha value is -1.91. The summed E-state index contributed by atoms with van der Waals surface area (Å²) in [5, 5.41) is 9.79. The molecular formula is C20H24Cl2N2O2. The molecule has 1 N–H and O–H groups in total. The van der Waals surface area contributed by atoms with E-state index in [1.165, 1.54) is 5.56 Å². The molecule has 1 aliphatic heterocycles. The van der Waals surface area contributed by atoms with Gasteiger partial charge in [-0.3, -0.25) is 4.79 Å². The number of halogens is 2. The summed E-state index contributed by atoms with van der Waals surface area (Å²) in [5.41, 5.74) is 3.36. The number of hydrogen-bond donors (Lipinski definition) is 1. The van der Waals surface area contributed by atoms with Crippen molar-refractivity contribution in [1.82, 2.24) is 9.80 Å². The first-order chi connectivity index (χ1) is 12.5. The maximum absolute atomic E-state index is 10.6. The number of carboxylic acid groups (broad SMARTS) is 1.